The Bertz CT molecular complexity index is 294. The molecule has 6 unspecified atom stereocenters. The standard InChI is InChI=1S/C15H28N2O/c1-17(2)9-11(18)8-16-15-7-10-6-14(15)13-5-3-4-12(10)13/h10-16,18H,3-9H2,1-2H3. The molecule has 3 nitrogen and oxygen atoms in total. The average molecular weight is 252 g/mol. The second-order valence-corrected chi connectivity index (χ2v) is 7.08. The summed E-state index contributed by atoms with van der Waals surface area (Å²) in [5.74, 6) is 4.02. The summed E-state index contributed by atoms with van der Waals surface area (Å²) >= 11 is 0. The van der Waals surface area contributed by atoms with E-state index in [0.29, 0.717) is 6.04 Å². The predicted molar refractivity (Wildman–Crippen MR) is 73.4 cm³/mol. The van der Waals surface area contributed by atoms with Crippen LogP contribution in [0.5, 0.6) is 0 Å². The first-order valence-electron chi connectivity index (χ1n) is 7.71. The Kier molecular flexibility index (Phi) is 3.65. The number of rotatable bonds is 5. The van der Waals surface area contributed by atoms with Gasteiger partial charge in [-0.25, -0.2) is 0 Å². The molecule has 0 radical (unpaired) electrons. The zero-order chi connectivity index (χ0) is 12.7. The van der Waals surface area contributed by atoms with E-state index in [9.17, 15) is 5.11 Å². The van der Waals surface area contributed by atoms with Gasteiger partial charge in [-0.1, -0.05) is 6.42 Å². The lowest BCUT2D eigenvalue weighted by atomic mass is 9.79. The van der Waals surface area contributed by atoms with Crippen molar-refractivity contribution >= 4 is 0 Å². The fourth-order valence-corrected chi connectivity index (χ4v) is 5.08. The summed E-state index contributed by atoms with van der Waals surface area (Å²) in [4.78, 5) is 2.06. The van der Waals surface area contributed by atoms with Crippen molar-refractivity contribution in [1.29, 1.82) is 0 Å². The van der Waals surface area contributed by atoms with E-state index in [1.54, 1.807) is 0 Å². The van der Waals surface area contributed by atoms with Crippen molar-refractivity contribution in [2.45, 2.75) is 44.2 Å². The first kappa shape index (κ1) is 12.9. The van der Waals surface area contributed by atoms with E-state index in [2.05, 4.69) is 10.2 Å². The lowest BCUT2D eigenvalue weighted by molar-refractivity contribution is 0.120. The van der Waals surface area contributed by atoms with Crippen LogP contribution in [0, 0.1) is 23.7 Å². The zero-order valence-electron chi connectivity index (χ0n) is 11.8. The molecule has 0 aromatic heterocycles. The van der Waals surface area contributed by atoms with Crippen LogP contribution in [0.1, 0.15) is 32.1 Å². The number of hydrogen-bond acceptors (Lipinski definition) is 3. The predicted octanol–water partition coefficient (Wildman–Crippen LogP) is 1.32. The van der Waals surface area contributed by atoms with Crippen LogP contribution in [0.4, 0.5) is 0 Å². The van der Waals surface area contributed by atoms with E-state index in [1.165, 1.54) is 32.1 Å². The minimum Gasteiger partial charge on any atom is -0.390 e. The van der Waals surface area contributed by atoms with Gasteiger partial charge in [0.1, 0.15) is 0 Å². The van der Waals surface area contributed by atoms with Gasteiger partial charge in [-0.05, 0) is 63.5 Å². The first-order chi connectivity index (χ1) is 8.65. The molecule has 3 rings (SSSR count). The minimum absolute atomic E-state index is 0.224. The minimum atomic E-state index is -0.224. The molecule has 3 heteroatoms. The Balaban J connectivity index is 1.48. The van der Waals surface area contributed by atoms with Crippen LogP contribution in [0.25, 0.3) is 0 Å². The molecule has 3 fully saturated rings. The lowest BCUT2D eigenvalue weighted by Crippen LogP contribution is -2.44. The van der Waals surface area contributed by atoms with Crippen molar-refractivity contribution in [3.63, 3.8) is 0 Å². The van der Waals surface area contributed by atoms with Crippen molar-refractivity contribution in [3.05, 3.63) is 0 Å². The van der Waals surface area contributed by atoms with Gasteiger partial charge in [0.05, 0.1) is 6.10 Å². The van der Waals surface area contributed by atoms with E-state index in [-0.39, 0.29) is 6.10 Å². The molecule has 0 aromatic carbocycles. The van der Waals surface area contributed by atoms with Gasteiger partial charge in [0.15, 0.2) is 0 Å². The highest BCUT2D eigenvalue weighted by Crippen LogP contribution is 2.58. The second kappa shape index (κ2) is 5.10. The zero-order valence-corrected chi connectivity index (χ0v) is 11.8. The normalized spacial score (nSPS) is 43.7. The quantitative estimate of drug-likeness (QED) is 0.775. The molecular formula is C15H28N2O. The highest BCUT2D eigenvalue weighted by atomic mass is 16.3. The summed E-state index contributed by atoms with van der Waals surface area (Å²) in [5, 5.41) is 13.6. The molecule has 0 amide bonds. The van der Waals surface area contributed by atoms with Crippen LogP contribution in [-0.4, -0.2) is 49.3 Å². The van der Waals surface area contributed by atoms with E-state index < -0.39 is 0 Å². The summed E-state index contributed by atoms with van der Waals surface area (Å²) in [6.07, 6.45) is 7.07. The Hall–Kier alpha value is -0.120. The molecule has 0 saturated heterocycles. The molecule has 3 aliphatic rings. The molecule has 2 bridgehead atoms. The maximum atomic E-state index is 9.93. The number of aliphatic hydroxyl groups is 1. The number of hydrogen-bond donors (Lipinski definition) is 2. The molecule has 0 aliphatic heterocycles. The van der Waals surface area contributed by atoms with E-state index in [4.69, 9.17) is 0 Å². The Labute approximate surface area is 111 Å². The van der Waals surface area contributed by atoms with Gasteiger partial charge in [-0.2, -0.15) is 0 Å². The van der Waals surface area contributed by atoms with Gasteiger partial charge in [0, 0.05) is 19.1 Å². The molecule has 3 saturated carbocycles. The Morgan fingerprint density at radius 2 is 1.94 bits per heavy atom. The van der Waals surface area contributed by atoms with Crippen LogP contribution in [-0.2, 0) is 0 Å². The van der Waals surface area contributed by atoms with Crippen LogP contribution in [0.2, 0.25) is 0 Å². The van der Waals surface area contributed by atoms with Gasteiger partial charge < -0.3 is 15.3 Å². The molecule has 6 atom stereocenters. The highest BCUT2D eigenvalue weighted by Gasteiger charge is 2.53. The molecule has 0 heterocycles. The molecular weight excluding hydrogens is 224 g/mol. The molecule has 0 aromatic rings. The third-order valence-corrected chi connectivity index (χ3v) is 5.62. The van der Waals surface area contributed by atoms with Crippen molar-refractivity contribution in [1.82, 2.24) is 10.2 Å². The Morgan fingerprint density at radius 1 is 1.17 bits per heavy atom. The fourth-order valence-electron chi connectivity index (χ4n) is 5.08. The monoisotopic (exact) mass is 252 g/mol. The van der Waals surface area contributed by atoms with Gasteiger partial charge in [0.2, 0.25) is 0 Å². The third kappa shape index (κ3) is 2.33. The van der Waals surface area contributed by atoms with Crippen molar-refractivity contribution < 1.29 is 5.11 Å². The van der Waals surface area contributed by atoms with Gasteiger partial charge >= 0.3 is 0 Å². The van der Waals surface area contributed by atoms with Crippen LogP contribution >= 0.6 is 0 Å². The van der Waals surface area contributed by atoms with Crippen LogP contribution in [0.3, 0.4) is 0 Å². The van der Waals surface area contributed by atoms with E-state index >= 15 is 0 Å². The van der Waals surface area contributed by atoms with E-state index in [0.717, 1.165) is 36.8 Å². The molecule has 18 heavy (non-hydrogen) atoms. The highest BCUT2D eigenvalue weighted by molar-refractivity contribution is 5.05. The smallest absolute Gasteiger partial charge is 0.0791 e. The third-order valence-electron chi connectivity index (χ3n) is 5.62. The van der Waals surface area contributed by atoms with Gasteiger partial charge in [0.25, 0.3) is 0 Å². The largest absolute Gasteiger partial charge is 0.390 e. The number of nitrogens with one attached hydrogen (secondary N) is 1. The Morgan fingerprint density at radius 3 is 2.72 bits per heavy atom. The van der Waals surface area contributed by atoms with Gasteiger partial charge in [-0.15, -0.1) is 0 Å². The summed E-state index contributed by atoms with van der Waals surface area (Å²) in [6, 6.07) is 0.700. The summed E-state index contributed by atoms with van der Waals surface area (Å²) in [7, 11) is 4.04. The van der Waals surface area contributed by atoms with Gasteiger partial charge in [-0.3, -0.25) is 0 Å². The van der Waals surface area contributed by atoms with E-state index in [1.807, 2.05) is 14.1 Å². The van der Waals surface area contributed by atoms with Crippen molar-refractivity contribution in [2.24, 2.45) is 23.7 Å². The number of likely N-dealkylation sites (N-methyl/N-ethyl adjacent to an activating group) is 1. The molecule has 2 N–H and O–H groups in total. The maximum absolute atomic E-state index is 9.93. The fraction of sp³-hybridized carbons (Fsp3) is 1.00. The topological polar surface area (TPSA) is 35.5 Å². The number of nitrogens with zero attached hydrogens (tertiary/aromatic N) is 1. The molecule has 0 spiro atoms. The summed E-state index contributed by atoms with van der Waals surface area (Å²) in [5.41, 5.74) is 0. The van der Waals surface area contributed by atoms with Crippen molar-refractivity contribution in [2.75, 3.05) is 27.2 Å². The average Bonchev–Trinajstić information content (AvgIpc) is 2.97. The van der Waals surface area contributed by atoms with Crippen LogP contribution in [0.15, 0.2) is 0 Å². The SMILES string of the molecule is CN(C)CC(O)CNC1CC2CC1C1CCCC21. The number of aliphatic hydroxyl groups excluding tert-OH is 1. The maximum Gasteiger partial charge on any atom is 0.0791 e. The molecule has 3 aliphatic carbocycles. The molecule has 104 valence electrons. The number of fused-ring (bicyclic) bond motifs is 5. The second-order valence-electron chi connectivity index (χ2n) is 7.08. The van der Waals surface area contributed by atoms with Crippen molar-refractivity contribution in [3.8, 4) is 0 Å². The van der Waals surface area contributed by atoms with Crippen LogP contribution < -0.4 is 5.32 Å². The first-order valence-corrected chi connectivity index (χ1v) is 7.71. The summed E-state index contributed by atoms with van der Waals surface area (Å²) in [6.45, 7) is 1.53. The summed E-state index contributed by atoms with van der Waals surface area (Å²) < 4.78 is 0. The lowest BCUT2D eigenvalue weighted by Gasteiger charge is -2.33.